The number of hydrogen-bond acceptors (Lipinski definition) is 2. The zero-order chi connectivity index (χ0) is 11.3. The smallest absolute Gasteiger partial charge is 0.0252 e. The van der Waals surface area contributed by atoms with Gasteiger partial charge in [0, 0.05) is 18.6 Å². The van der Waals surface area contributed by atoms with Gasteiger partial charge in [0.05, 0.1) is 0 Å². The highest BCUT2D eigenvalue weighted by Crippen LogP contribution is 2.14. The molecule has 0 aliphatic carbocycles. The van der Waals surface area contributed by atoms with Gasteiger partial charge < -0.3 is 10.2 Å². The molecule has 1 N–H and O–H groups in total. The minimum absolute atomic E-state index is 0.294. The molecule has 1 atom stereocenters. The van der Waals surface area contributed by atoms with Gasteiger partial charge in [-0.1, -0.05) is 20.3 Å². The molecule has 0 amide bonds. The Bertz CT molecular complexity index is 177. The minimum Gasteiger partial charge on any atom is -0.310 e. The lowest BCUT2D eigenvalue weighted by Crippen LogP contribution is -2.47. The predicted molar refractivity (Wildman–Crippen MR) is 67.2 cm³/mol. The lowest BCUT2D eigenvalue weighted by molar-refractivity contribution is 0.201. The molecule has 0 radical (unpaired) electrons. The van der Waals surface area contributed by atoms with E-state index in [1.165, 1.54) is 45.4 Å². The summed E-state index contributed by atoms with van der Waals surface area (Å²) in [6.07, 6.45) is 3.98. The van der Waals surface area contributed by atoms with Crippen LogP contribution in [0.25, 0.3) is 0 Å². The summed E-state index contributed by atoms with van der Waals surface area (Å²) in [5, 5.41) is 3.61. The largest absolute Gasteiger partial charge is 0.310 e. The second kappa shape index (κ2) is 5.86. The standard InChI is InChI=1S/C13H28N2/c1-5-7-12(2)10-15-9-6-8-14-13(3,4)11-15/h12,14H,5-11H2,1-4H3. The molecule has 1 heterocycles. The van der Waals surface area contributed by atoms with Crippen LogP contribution in [-0.2, 0) is 0 Å². The maximum absolute atomic E-state index is 3.61. The number of hydrogen-bond donors (Lipinski definition) is 1. The van der Waals surface area contributed by atoms with Crippen LogP contribution in [0.5, 0.6) is 0 Å². The molecule has 0 aromatic rings. The highest BCUT2D eigenvalue weighted by molar-refractivity contribution is 4.85. The molecule has 2 heteroatoms. The van der Waals surface area contributed by atoms with Crippen LogP contribution in [0.4, 0.5) is 0 Å². The fourth-order valence-corrected chi connectivity index (χ4v) is 2.60. The van der Waals surface area contributed by atoms with Crippen LogP contribution < -0.4 is 5.32 Å². The molecule has 0 spiro atoms. The molecule has 1 aliphatic rings. The van der Waals surface area contributed by atoms with Gasteiger partial charge in [-0.15, -0.1) is 0 Å². The summed E-state index contributed by atoms with van der Waals surface area (Å²) >= 11 is 0. The molecule has 0 saturated carbocycles. The van der Waals surface area contributed by atoms with Gasteiger partial charge in [0.15, 0.2) is 0 Å². The highest BCUT2D eigenvalue weighted by Gasteiger charge is 2.24. The predicted octanol–water partition coefficient (Wildman–Crippen LogP) is 2.50. The van der Waals surface area contributed by atoms with E-state index in [1.807, 2.05) is 0 Å². The Balaban J connectivity index is 2.39. The number of nitrogens with zero attached hydrogens (tertiary/aromatic N) is 1. The summed E-state index contributed by atoms with van der Waals surface area (Å²) in [5.74, 6) is 0.851. The van der Waals surface area contributed by atoms with Crippen LogP contribution >= 0.6 is 0 Å². The van der Waals surface area contributed by atoms with Gasteiger partial charge in [-0.3, -0.25) is 0 Å². The van der Waals surface area contributed by atoms with Gasteiger partial charge in [-0.2, -0.15) is 0 Å². The van der Waals surface area contributed by atoms with E-state index in [2.05, 4.69) is 37.9 Å². The monoisotopic (exact) mass is 212 g/mol. The second-order valence-electron chi connectivity index (χ2n) is 5.79. The van der Waals surface area contributed by atoms with Crippen LogP contribution in [-0.4, -0.2) is 36.6 Å². The lowest BCUT2D eigenvalue weighted by atomic mass is 10.0. The van der Waals surface area contributed by atoms with E-state index in [0.717, 1.165) is 5.92 Å². The fraction of sp³-hybridized carbons (Fsp3) is 1.00. The normalized spacial score (nSPS) is 24.8. The first kappa shape index (κ1) is 13.0. The first-order valence-electron chi connectivity index (χ1n) is 6.51. The summed E-state index contributed by atoms with van der Waals surface area (Å²) in [5.41, 5.74) is 0.294. The maximum atomic E-state index is 3.61. The summed E-state index contributed by atoms with van der Waals surface area (Å²) in [4.78, 5) is 2.64. The van der Waals surface area contributed by atoms with Crippen molar-refractivity contribution in [2.45, 2.75) is 52.5 Å². The Morgan fingerprint density at radius 1 is 1.40 bits per heavy atom. The molecule has 1 aliphatic heterocycles. The SMILES string of the molecule is CCCC(C)CN1CCCNC(C)(C)C1. The summed E-state index contributed by atoms with van der Waals surface area (Å²) in [6.45, 7) is 14.2. The Morgan fingerprint density at radius 2 is 2.13 bits per heavy atom. The zero-order valence-corrected chi connectivity index (χ0v) is 11.0. The van der Waals surface area contributed by atoms with E-state index in [9.17, 15) is 0 Å². The molecule has 0 aromatic heterocycles. The third-order valence-electron chi connectivity index (χ3n) is 3.22. The Labute approximate surface area is 95.4 Å². The molecule has 2 nitrogen and oxygen atoms in total. The second-order valence-corrected chi connectivity index (χ2v) is 5.79. The number of rotatable bonds is 4. The molecule has 15 heavy (non-hydrogen) atoms. The van der Waals surface area contributed by atoms with Gasteiger partial charge in [0.25, 0.3) is 0 Å². The Hall–Kier alpha value is -0.0800. The average molecular weight is 212 g/mol. The molecule has 0 aromatic carbocycles. The van der Waals surface area contributed by atoms with Crippen molar-refractivity contribution >= 4 is 0 Å². The quantitative estimate of drug-likeness (QED) is 0.770. The molecule has 0 bridgehead atoms. The van der Waals surface area contributed by atoms with Crippen LogP contribution in [0.2, 0.25) is 0 Å². The van der Waals surface area contributed by atoms with Gasteiger partial charge in [0.1, 0.15) is 0 Å². The van der Waals surface area contributed by atoms with E-state index < -0.39 is 0 Å². The lowest BCUT2D eigenvalue weighted by Gasteiger charge is -2.31. The molecule has 1 fully saturated rings. The average Bonchev–Trinajstić information content (AvgIpc) is 2.26. The van der Waals surface area contributed by atoms with Gasteiger partial charge in [-0.05, 0) is 45.7 Å². The topological polar surface area (TPSA) is 15.3 Å². The van der Waals surface area contributed by atoms with Crippen molar-refractivity contribution in [2.75, 3.05) is 26.2 Å². The van der Waals surface area contributed by atoms with Crippen molar-refractivity contribution in [3.8, 4) is 0 Å². The van der Waals surface area contributed by atoms with Crippen molar-refractivity contribution in [3.63, 3.8) is 0 Å². The number of nitrogens with one attached hydrogen (secondary N) is 1. The maximum Gasteiger partial charge on any atom is 0.0252 e. The van der Waals surface area contributed by atoms with Crippen molar-refractivity contribution in [3.05, 3.63) is 0 Å². The van der Waals surface area contributed by atoms with Crippen LogP contribution in [0.1, 0.15) is 47.0 Å². The van der Waals surface area contributed by atoms with E-state index in [4.69, 9.17) is 0 Å². The third kappa shape index (κ3) is 4.98. The fourth-order valence-electron chi connectivity index (χ4n) is 2.60. The van der Waals surface area contributed by atoms with Crippen LogP contribution in [0.15, 0.2) is 0 Å². The molecular weight excluding hydrogens is 184 g/mol. The van der Waals surface area contributed by atoms with Gasteiger partial charge in [0.2, 0.25) is 0 Å². The summed E-state index contributed by atoms with van der Waals surface area (Å²) < 4.78 is 0. The highest BCUT2D eigenvalue weighted by atomic mass is 15.2. The van der Waals surface area contributed by atoms with E-state index in [-0.39, 0.29) is 0 Å². The molecule has 1 saturated heterocycles. The van der Waals surface area contributed by atoms with Crippen LogP contribution in [0, 0.1) is 5.92 Å². The van der Waals surface area contributed by atoms with Crippen molar-refractivity contribution < 1.29 is 0 Å². The van der Waals surface area contributed by atoms with E-state index in [0.29, 0.717) is 5.54 Å². The summed E-state index contributed by atoms with van der Waals surface area (Å²) in [6, 6.07) is 0. The first-order chi connectivity index (χ1) is 7.03. The molecule has 1 rings (SSSR count). The van der Waals surface area contributed by atoms with E-state index in [1.54, 1.807) is 0 Å². The third-order valence-corrected chi connectivity index (χ3v) is 3.22. The van der Waals surface area contributed by atoms with Gasteiger partial charge in [-0.25, -0.2) is 0 Å². The van der Waals surface area contributed by atoms with Crippen molar-refractivity contribution in [1.29, 1.82) is 0 Å². The molecule has 1 unspecified atom stereocenters. The zero-order valence-electron chi connectivity index (χ0n) is 11.0. The van der Waals surface area contributed by atoms with Crippen LogP contribution in [0.3, 0.4) is 0 Å². The Kier molecular flexibility index (Phi) is 5.07. The first-order valence-corrected chi connectivity index (χ1v) is 6.51. The molecule has 90 valence electrons. The van der Waals surface area contributed by atoms with Crippen molar-refractivity contribution in [2.24, 2.45) is 5.92 Å². The Morgan fingerprint density at radius 3 is 2.80 bits per heavy atom. The van der Waals surface area contributed by atoms with Gasteiger partial charge >= 0.3 is 0 Å². The molecular formula is C13H28N2. The van der Waals surface area contributed by atoms with E-state index >= 15 is 0 Å². The van der Waals surface area contributed by atoms with Crippen molar-refractivity contribution in [1.82, 2.24) is 10.2 Å². The summed E-state index contributed by atoms with van der Waals surface area (Å²) in [7, 11) is 0. The minimum atomic E-state index is 0.294.